The predicted octanol–water partition coefficient (Wildman–Crippen LogP) is 3.23. The molecular formula is C19H15Cl2N5O3. The number of hydrogen-bond acceptors (Lipinski definition) is 6. The van der Waals surface area contributed by atoms with Crippen molar-refractivity contribution in [2.75, 3.05) is 16.8 Å². The number of fused-ring (bicyclic) bond motifs is 1. The van der Waals surface area contributed by atoms with Crippen molar-refractivity contribution in [1.82, 2.24) is 5.01 Å². The Bertz CT molecular complexity index is 1040. The lowest BCUT2D eigenvalue weighted by atomic mass is 10.1. The average Bonchev–Trinajstić information content (AvgIpc) is 3.20. The third-order valence-electron chi connectivity index (χ3n) is 4.71. The Hall–Kier alpha value is -2.97. The number of halogens is 2. The van der Waals surface area contributed by atoms with Crippen LogP contribution < -0.4 is 10.2 Å². The molecule has 8 nitrogen and oxygen atoms in total. The third-order valence-corrected chi connectivity index (χ3v) is 5.36. The van der Waals surface area contributed by atoms with Crippen LogP contribution in [0.25, 0.3) is 0 Å². The summed E-state index contributed by atoms with van der Waals surface area (Å²) >= 11 is 12.0. The lowest BCUT2D eigenvalue weighted by Crippen LogP contribution is -2.43. The van der Waals surface area contributed by atoms with E-state index < -0.39 is 29.8 Å². The highest BCUT2D eigenvalue weighted by molar-refractivity contribution is 6.32. The van der Waals surface area contributed by atoms with Crippen LogP contribution in [0.1, 0.15) is 5.56 Å². The molecule has 0 saturated carbocycles. The van der Waals surface area contributed by atoms with Gasteiger partial charge in [0.25, 0.3) is 11.8 Å². The van der Waals surface area contributed by atoms with Crippen LogP contribution in [-0.2, 0) is 14.4 Å². The maximum absolute atomic E-state index is 12.9. The first-order chi connectivity index (χ1) is 13.8. The summed E-state index contributed by atoms with van der Waals surface area (Å²) in [5.74, 6) is -1.39. The largest absolute Gasteiger partial charge is 0.324 e. The number of carbonyl (C=O) groups is 3. The summed E-state index contributed by atoms with van der Waals surface area (Å²) in [6, 6.07) is 9.59. The molecule has 0 spiro atoms. The van der Waals surface area contributed by atoms with Gasteiger partial charge in [0.2, 0.25) is 5.91 Å². The molecule has 2 heterocycles. The van der Waals surface area contributed by atoms with Gasteiger partial charge in [-0.1, -0.05) is 34.5 Å². The third kappa shape index (κ3) is 3.56. The number of benzene rings is 2. The lowest BCUT2D eigenvalue weighted by Gasteiger charge is -2.20. The molecule has 0 aliphatic carbocycles. The summed E-state index contributed by atoms with van der Waals surface area (Å²) in [5.41, 5.74) is 1.75. The SMILES string of the molecule is Cc1ccc(N2C(=O)C3N=NN(CC(=O)Nc4ccc(Cl)cc4)C3C2=O)cc1Cl. The minimum Gasteiger partial charge on any atom is -0.324 e. The Morgan fingerprint density at radius 3 is 2.52 bits per heavy atom. The Kier molecular flexibility index (Phi) is 4.97. The number of rotatable bonds is 4. The van der Waals surface area contributed by atoms with Gasteiger partial charge in [0, 0.05) is 15.7 Å². The van der Waals surface area contributed by atoms with Gasteiger partial charge in [0.15, 0.2) is 12.1 Å². The first-order valence-corrected chi connectivity index (χ1v) is 9.47. The Morgan fingerprint density at radius 1 is 1.10 bits per heavy atom. The van der Waals surface area contributed by atoms with Crippen molar-refractivity contribution in [3.8, 4) is 0 Å². The molecule has 1 N–H and O–H groups in total. The minimum absolute atomic E-state index is 0.227. The zero-order valence-corrected chi connectivity index (χ0v) is 16.7. The molecule has 2 aromatic rings. The van der Waals surface area contributed by atoms with Crippen LogP contribution in [0.4, 0.5) is 11.4 Å². The molecule has 29 heavy (non-hydrogen) atoms. The summed E-state index contributed by atoms with van der Waals surface area (Å²) in [5, 5.41) is 12.7. The molecule has 0 aromatic heterocycles. The highest BCUT2D eigenvalue weighted by atomic mass is 35.5. The van der Waals surface area contributed by atoms with Crippen molar-refractivity contribution in [3.63, 3.8) is 0 Å². The monoisotopic (exact) mass is 431 g/mol. The number of nitrogens with one attached hydrogen (secondary N) is 1. The first-order valence-electron chi connectivity index (χ1n) is 8.72. The molecule has 2 unspecified atom stereocenters. The van der Waals surface area contributed by atoms with E-state index in [-0.39, 0.29) is 6.54 Å². The number of hydrogen-bond donors (Lipinski definition) is 1. The number of amides is 3. The fraction of sp³-hybridized carbons (Fsp3) is 0.211. The summed E-state index contributed by atoms with van der Waals surface area (Å²) in [7, 11) is 0. The molecule has 1 fully saturated rings. The van der Waals surface area contributed by atoms with Crippen molar-refractivity contribution in [1.29, 1.82) is 0 Å². The second-order valence-electron chi connectivity index (χ2n) is 6.69. The number of nitrogens with zero attached hydrogens (tertiary/aromatic N) is 4. The smallest absolute Gasteiger partial charge is 0.263 e. The van der Waals surface area contributed by atoms with Crippen molar-refractivity contribution >= 4 is 52.3 Å². The highest BCUT2D eigenvalue weighted by Crippen LogP contribution is 2.33. The van der Waals surface area contributed by atoms with Crippen LogP contribution in [0.5, 0.6) is 0 Å². The van der Waals surface area contributed by atoms with E-state index in [4.69, 9.17) is 23.2 Å². The Balaban J connectivity index is 1.49. The zero-order chi connectivity index (χ0) is 20.7. The first kappa shape index (κ1) is 19.4. The average molecular weight is 432 g/mol. The molecule has 2 aromatic carbocycles. The quantitative estimate of drug-likeness (QED) is 0.751. The molecule has 2 aliphatic heterocycles. The molecule has 10 heteroatoms. The van der Waals surface area contributed by atoms with Gasteiger partial charge in [-0.2, -0.15) is 5.11 Å². The molecule has 0 radical (unpaired) electrons. The van der Waals surface area contributed by atoms with Crippen LogP contribution >= 0.6 is 23.2 Å². The molecule has 3 amide bonds. The van der Waals surface area contributed by atoms with Crippen LogP contribution in [-0.4, -0.2) is 41.4 Å². The molecule has 2 aliphatic rings. The van der Waals surface area contributed by atoms with Gasteiger partial charge in [0.1, 0.15) is 6.54 Å². The van der Waals surface area contributed by atoms with Crippen molar-refractivity contribution in [2.45, 2.75) is 19.0 Å². The summed E-state index contributed by atoms with van der Waals surface area (Å²) in [6.07, 6.45) is 0. The second-order valence-corrected chi connectivity index (χ2v) is 7.54. The van der Waals surface area contributed by atoms with Crippen molar-refractivity contribution in [3.05, 3.63) is 58.1 Å². The normalized spacial score (nSPS) is 20.4. The van der Waals surface area contributed by atoms with E-state index in [1.165, 1.54) is 5.01 Å². The molecule has 1 saturated heterocycles. The standard InChI is InChI=1S/C19H15Cl2N5O3/c1-10-2-7-13(8-14(10)21)26-18(28)16-17(19(26)29)25(24-23-16)9-15(27)22-12-5-3-11(20)4-6-12/h2-8,16-17H,9H2,1H3,(H,22,27). The number of anilines is 2. The number of imide groups is 1. The van der Waals surface area contributed by atoms with Crippen molar-refractivity contribution < 1.29 is 14.4 Å². The van der Waals surface area contributed by atoms with Crippen molar-refractivity contribution in [2.24, 2.45) is 10.3 Å². The van der Waals surface area contributed by atoms with Gasteiger partial charge in [-0.15, -0.1) is 0 Å². The van der Waals surface area contributed by atoms with Gasteiger partial charge in [-0.05, 0) is 48.9 Å². The van der Waals surface area contributed by atoms with Crippen LogP contribution in [0, 0.1) is 6.92 Å². The fourth-order valence-corrected chi connectivity index (χ4v) is 3.51. The van der Waals surface area contributed by atoms with Gasteiger partial charge < -0.3 is 5.32 Å². The maximum Gasteiger partial charge on any atom is 0.263 e. The van der Waals surface area contributed by atoms with Gasteiger partial charge in [-0.25, -0.2) is 4.90 Å². The predicted molar refractivity (Wildman–Crippen MR) is 108 cm³/mol. The van der Waals surface area contributed by atoms with E-state index in [1.54, 1.807) is 42.5 Å². The van der Waals surface area contributed by atoms with Crippen LogP contribution in [0.3, 0.4) is 0 Å². The highest BCUT2D eigenvalue weighted by Gasteiger charge is 2.55. The van der Waals surface area contributed by atoms with Crippen LogP contribution in [0.15, 0.2) is 52.8 Å². The van der Waals surface area contributed by atoms with E-state index in [1.807, 2.05) is 6.92 Å². The zero-order valence-electron chi connectivity index (χ0n) is 15.2. The minimum atomic E-state index is -0.981. The molecule has 4 rings (SSSR count). The van der Waals surface area contributed by atoms with E-state index >= 15 is 0 Å². The summed E-state index contributed by atoms with van der Waals surface area (Å²) in [4.78, 5) is 39.0. The topological polar surface area (TPSA) is 94.4 Å². The van der Waals surface area contributed by atoms with Crippen LogP contribution in [0.2, 0.25) is 10.0 Å². The maximum atomic E-state index is 12.9. The van der Waals surface area contributed by atoms with Gasteiger partial charge in [-0.3, -0.25) is 19.4 Å². The van der Waals surface area contributed by atoms with E-state index in [2.05, 4.69) is 15.7 Å². The number of aryl methyl sites for hydroxylation is 1. The van der Waals surface area contributed by atoms with Gasteiger partial charge >= 0.3 is 0 Å². The molecule has 148 valence electrons. The second kappa shape index (κ2) is 7.46. The molecular weight excluding hydrogens is 417 g/mol. The van der Waals surface area contributed by atoms with E-state index in [0.29, 0.717) is 21.4 Å². The molecule has 2 atom stereocenters. The Labute approximate surface area is 176 Å². The van der Waals surface area contributed by atoms with Gasteiger partial charge in [0.05, 0.1) is 5.69 Å². The summed E-state index contributed by atoms with van der Waals surface area (Å²) < 4.78 is 0. The molecule has 0 bridgehead atoms. The fourth-order valence-electron chi connectivity index (χ4n) is 3.21. The lowest BCUT2D eigenvalue weighted by molar-refractivity contribution is -0.123. The number of carbonyl (C=O) groups excluding carboxylic acids is 3. The Morgan fingerprint density at radius 2 is 1.83 bits per heavy atom. The van der Waals surface area contributed by atoms with E-state index in [0.717, 1.165) is 10.5 Å². The summed E-state index contributed by atoms with van der Waals surface area (Å²) in [6.45, 7) is 1.60. The van der Waals surface area contributed by atoms with E-state index in [9.17, 15) is 14.4 Å².